The number of nitrogens with one attached hydrogen (secondary N) is 1. The summed E-state index contributed by atoms with van der Waals surface area (Å²) in [5, 5.41) is 2.86. The number of hydrogen-bond donors (Lipinski definition) is 1. The second-order valence-electron chi connectivity index (χ2n) is 4.53. The highest BCUT2D eigenvalue weighted by atomic mass is 19.1. The quantitative estimate of drug-likeness (QED) is 0.842. The van der Waals surface area contributed by atoms with E-state index < -0.39 is 0 Å². The topological polar surface area (TPSA) is 29.1 Å². The lowest BCUT2D eigenvalue weighted by Crippen LogP contribution is -2.24. The molecule has 20 heavy (non-hydrogen) atoms. The molecule has 0 saturated carbocycles. The maximum Gasteiger partial charge on any atom is 0.244 e. The van der Waals surface area contributed by atoms with Crippen LogP contribution in [0.15, 0.2) is 60.7 Å². The molecule has 0 spiro atoms. The van der Waals surface area contributed by atoms with Crippen molar-refractivity contribution < 1.29 is 9.18 Å². The zero-order valence-electron chi connectivity index (χ0n) is 11.2. The average molecular weight is 269 g/mol. The molecule has 2 aromatic rings. The minimum Gasteiger partial charge on any atom is -0.346 e. The molecule has 0 radical (unpaired) electrons. The Kier molecular flexibility index (Phi) is 4.66. The van der Waals surface area contributed by atoms with Crippen LogP contribution in [0.25, 0.3) is 6.08 Å². The third-order valence-electron chi connectivity index (χ3n) is 2.93. The van der Waals surface area contributed by atoms with Gasteiger partial charge in [0.25, 0.3) is 0 Å². The monoisotopic (exact) mass is 269 g/mol. The van der Waals surface area contributed by atoms with Gasteiger partial charge in [-0.25, -0.2) is 4.39 Å². The fourth-order valence-electron chi connectivity index (χ4n) is 1.87. The van der Waals surface area contributed by atoms with Gasteiger partial charge in [0, 0.05) is 6.08 Å². The summed E-state index contributed by atoms with van der Waals surface area (Å²) >= 11 is 0. The summed E-state index contributed by atoms with van der Waals surface area (Å²) < 4.78 is 13.0. The van der Waals surface area contributed by atoms with Crippen molar-refractivity contribution in [3.05, 3.63) is 77.6 Å². The van der Waals surface area contributed by atoms with Crippen molar-refractivity contribution in [2.45, 2.75) is 13.0 Å². The van der Waals surface area contributed by atoms with Crippen LogP contribution in [-0.2, 0) is 4.79 Å². The van der Waals surface area contributed by atoms with Crippen molar-refractivity contribution in [2.75, 3.05) is 0 Å². The van der Waals surface area contributed by atoms with Crippen LogP contribution in [0.1, 0.15) is 24.1 Å². The Labute approximate surface area is 118 Å². The van der Waals surface area contributed by atoms with E-state index in [4.69, 9.17) is 0 Å². The first-order valence-corrected chi connectivity index (χ1v) is 6.44. The molecule has 3 heteroatoms. The highest BCUT2D eigenvalue weighted by Crippen LogP contribution is 2.11. The number of carbonyl (C=O) groups is 1. The largest absolute Gasteiger partial charge is 0.346 e. The highest BCUT2D eigenvalue weighted by molar-refractivity contribution is 5.91. The minimum absolute atomic E-state index is 0.0686. The predicted octanol–water partition coefficient (Wildman–Crippen LogP) is 3.72. The molecule has 0 bridgehead atoms. The van der Waals surface area contributed by atoms with Gasteiger partial charge in [-0.2, -0.15) is 0 Å². The van der Waals surface area contributed by atoms with Crippen LogP contribution in [0, 0.1) is 5.82 Å². The van der Waals surface area contributed by atoms with Crippen LogP contribution in [0.4, 0.5) is 4.39 Å². The fourth-order valence-corrected chi connectivity index (χ4v) is 1.87. The van der Waals surface area contributed by atoms with Gasteiger partial charge >= 0.3 is 0 Å². The van der Waals surface area contributed by atoms with E-state index in [1.807, 2.05) is 37.3 Å². The third-order valence-corrected chi connectivity index (χ3v) is 2.93. The lowest BCUT2D eigenvalue weighted by atomic mass is 10.1. The van der Waals surface area contributed by atoms with E-state index in [-0.39, 0.29) is 17.8 Å². The van der Waals surface area contributed by atoms with Gasteiger partial charge in [-0.15, -0.1) is 0 Å². The van der Waals surface area contributed by atoms with Gasteiger partial charge < -0.3 is 5.32 Å². The second-order valence-corrected chi connectivity index (χ2v) is 4.53. The molecule has 0 aromatic heterocycles. The van der Waals surface area contributed by atoms with Crippen LogP contribution < -0.4 is 5.32 Å². The van der Waals surface area contributed by atoms with Gasteiger partial charge in [-0.1, -0.05) is 42.5 Å². The third kappa shape index (κ3) is 4.05. The summed E-state index contributed by atoms with van der Waals surface area (Å²) in [5.41, 5.74) is 1.70. The normalized spacial score (nSPS) is 12.3. The zero-order valence-corrected chi connectivity index (χ0v) is 11.2. The smallest absolute Gasteiger partial charge is 0.244 e. The SMILES string of the molecule is C[C@@H](NC(=O)/C=C/c1cccc(F)c1)c1ccccc1. The van der Waals surface area contributed by atoms with Crippen molar-refractivity contribution in [2.24, 2.45) is 0 Å². The molecule has 0 aliphatic rings. The van der Waals surface area contributed by atoms with Gasteiger partial charge in [0.15, 0.2) is 0 Å². The van der Waals surface area contributed by atoms with Crippen LogP contribution >= 0.6 is 0 Å². The number of rotatable bonds is 4. The summed E-state index contributed by atoms with van der Waals surface area (Å²) in [6.07, 6.45) is 3.00. The number of amides is 1. The summed E-state index contributed by atoms with van der Waals surface area (Å²) in [5.74, 6) is -0.518. The Balaban J connectivity index is 1.96. The van der Waals surface area contributed by atoms with Gasteiger partial charge in [0.1, 0.15) is 5.82 Å². The molecule has 0 aliphatic carbocycles. The number of benzene rings is 2. The van der Waals surface area contributed by atoms with Gasteiger partial charge in [-0.05, 0) is 36.3 Å². The van der Waals surface area contributed by atoms with Crippen LogP contribution in [0.2, 0.25) is 0 Å². The second kappa shape index (κ2) is 6.66. The van der Waals surface area contributed by atoms with E-state index in [2.05, 4.69) is 5.32 Å². The summed E-state index contributed by atoms with van der Waals surface area (Å²) in [6.45, 7) is 1.92. The molecule has 1 atom stereocenters. The van der Waals surface area contributed by atoms with Crippen molar-refractivity contribution in [1.29, 1.82) is 0 Å². The Bertz CT molecular complexity index is 607. The van der Waals surface area contributed by atoms with E-state index in [1.165, 1.54) is 18.2 Å². The van der Waals surface area contributed by atoms with E-state index in [0.29, 0.717) is 5.56 Å². The standard InChI is InChI=1S/C17H16FNO/c1-13(15-7-3-2-4-8-15)19-17(20)11-10-14-6-5-9-16(18)12-14/h2-13H,1H3,(H,19,20)/b11-10+/t13-/m1/s1. The molecule has 1 amide bonds. The van der Waals surface area contributed by atoms with E-state index >= 15 is 0 Å². The molecule has 102 valence electrons. The van der Waals surface area contributed by atoms with Gasteiger partial charge in [0.05, 0.1) is 6.04 Å². The number of hydrogen-bond acceptors (Lipinski definition) is 1. The molecule has 0 saturated heterocycles. The van der Waals surface area contributed by atoms with E-state index in [0.717, 1.165) is 5.56 Å². The molecule has 0 heterocycles. The first-order chi connectivity index (χ1) is 9.65. The van der Waals surface area contributed by atoms with Gasteiger partial charge in [0.2, 0.25) is 5.91 Å². The van der Waals surface area contributed by atoms with Crippen molar-refractivity contribution in [3.8, 4) is 0 Å². The van der Waals surface area contributed by atoms with Crippen LogP contribution in [0.5, 0.6) is 0 Å². The van der Waals surface area contributed by atoms with Crippen molar-refractivity contribution in [1.82, 2.24) is 5.32 Å². The average Bonchev–Trinajstić information content (AvgIpc) is 2.46. The number of halogens is 1. The first-order valence-electron chi connectivity index (χ1n) is 6.44. The first kappa shape index (κ1) is 14.0. The maximum atomic E-state index is 13.0. The van der Waals surface area contributed by atoms with E-state index in [9.17, 15) is 9.18 Å². The molecule has 2 aromatic carbocycles. The van der Waals surface area contributed by atoms with Crippen LogP contribution in [-0.4, -0.2) is 5.91 Å². The lowest BCUT2D eigenvalue weighted by molar-refractivity contribution is -0.117. The molecule has 1 N–H and O–H groups in total. The molecule has 2 rings (SSSR count). The summed E-state index contributed by atoms with van der Waals surface area (Å²) in [6, 6.07) is 15.7. The fraction of sp³-hybridized carbons (Fsp3) is 0.118. The Morgan fingerprint density at radius 1 is 1.15 bits per heavy atom. The van der Waals surface area contributed by atoms with Crippen molar-refractivity contribution >= 4 is 12.0 Å². The Hall–Kier alpha value is -2.42. The molecule has 0 aliphatic heterocycles. The molecular weight excluding hydrogens is 253 g/mol. The molecule has 2 nitrogen and oxygen atoms in total. The zero-order chi connectivity index (χ0) is 14.4. The molecule has 0 fully saturated rings. The highest BCUT2D eigenvalue weighted by Gasteiger charge is 2.06. The summed E-state index contributed by atoms with van der Waals surface area (Å²) in [7, 11) is 0. The Morgan fingerprint density at radius 2 is 1.90 bits per heavy atom. The summed E-state index contributed by atoms with van der Waals surface area (Å²) in [4.78, 5) is 11.8. The van der Waals surface area contributed by atoms with Crippen molar-refractivity contribution in [3.63, 3.8) is 0 Å². The number of carbonyl (C=O) groups excluding carboxylic acids is 1. The molecule has 0 unspecified atom stereocenters. The Morgan fingerprint density at radius 3 is 2.60 bits per heavy atom. The van der Waals surface area contributed by atoms with Gasteiger partial charge in [-0.3, -0.25) is 4.79 Å². The predicted molar refractivity (Wildman–Crippen MR) is 78.4 cm³/mol. The molecular formula is C17H16FNO. The minimum atomic E-state index is -0.315. The maximum absolute atomic E-state index is 13.0. The van der Waals surface area contributed by atoms with E-state index in [1.54, 1.807) is 18.2 Å². The van der Waals surface area contributed by atoms with Crippen LogP contribution in [0.3, 0.4) is 0 Å². The lowest BCUT2D eigenvalue weighted by Gasteiger charge is -2.12.